The first-order chi connectivity index (χ1) is 9.11. The van der Waals surface area contributed by atoms with Crippen molar-refractivity contribution in [1.82, 2.24) is 4.90 Å². The van der Waals surface area contributed by atoms with E-state index >= 15 is 0 Å². The third-order valence-corrected chi connectivity index (χ3v) is 3.52. The third kappa shape index (κ3) is 3.24. The second-order valence-electron chi connectivity index (χ2n) is 4.88. The number of ether oxygens (including phenoxy) is 2. The maximum Gasteiger partial charge on any atom is 0.130 e. The van der Waals surface area contributed by atoms with E-state index in [1.807, 2.05) is 18.2 Å². The molecule has 1 saturated heterocycles. The van der Waals surface area contributed by atoms with Crippen LogP contribution < -0.4 is 10.5 Å². The first-order valence-corrected chi connectivity index (χ1v) is 6.41. The van der Waals surface area contributed by atoms with E-state index in [4.69, 9.17) is 20.6 Å². The van der Waals surface area contributed by atoms with E-state index in [-0.39, 0.29) is 5.84 Å². The van der Waals surface area contributed by atoms with Gasteiger partial charge in [0.25, 0.3) is 0 Å². The maximum atomic E-state index is 7.50. The lowest BCUT2D eigenvalue weighted by Crippen LogP contribution is -2.31. The number of rotatable bonds is 5. The van der Waals surface area contributed by atoms with Gasteiger partial charge in [-0.1, -0.05) is 6.07 Å². The number of amidine groups is 1. The number of nitrogens with two attached hydrogens (primary N) is 1. The van der Waals surface area contributed by atoms with E-state index in [2.05, 4.69) is 11.9 Å². The molecule has 1 aliphatic heterocycles. The van der Waals surface area contributed by atoms with Crippen molar-refractivity contribution in [3.05, 3.63) is 29.3 Å². The van der Waals surface area contributed by atoms with Gasteiger partial charge >= 0.3 is 0 Å². The molecule has 0 bridgehead atoms. The Bertz CT molecular complexity index is 456. The molecule has 5 heteroatoms. The van der Waals surface area contributed by atoms with Crippen molar-refractivity contribution in [1.29, 1.82) is 5.41 Å². The maximum absolute atomic E-state index is 7.50. The molecule has 0 saturated carbocycles. The summed E-state index contributed by atoms with van der Waals surface area (Å²) in [5.41, 5.74) is 7.30. The van der Waals surface area contributed by atoms with Gasteiger partial charge in [0.15, 0.2) is 0 Å². The molecule has 104 valence electrons. The number of benzene rings is 1. The minimum absolute atomic E-state index is 0.0287. The van der Waals surface area contributed by atoms with E-state index in [1.54, 1.807) is 7.11 Å². The Kier molecular flexibility index (Phi) is 4.39. The van der Waals surface area contributed by atoms with Gasteiger partial charge in [0, 0.05) is 19.2 Å². The molecule has 1 fully saturated rings. The molecular weight excluding hydrogens is 242 g/mol. The van der Waals surface area contributed by atoms with Gasteiger partial charge in [-0.25, -0.2) is 0 Å². The topological polar surface area (TPSA) is 71.6 Å². The zero-order valence-electron chi connectivity index (χ0n) is 11.5. The van der Waals surface area contributed by atoms with Crippen LogP contribution in [0.1, 0.15) is 17.5 Å². The lowest BCUT2D eigenvalue weighted by atomic mass is 10.1. The highest BCUT2D eigenvalue weighted by Crippen LogP contribution is 2.21. The van der Waals surface area contributed by atoms with Gasteiger partial charge in [-0.05, 0) is 31.2 Å². The van der Waals surface area contributed by atoms with Crippen molar-refractivity contribution in [3.8, 4) is 5.75 Å². The molecule has 5 nitrogen and oxygen atoms in total. The number of nitrogens with zero attached hydrogens (tertiary/aromatic N) is 1. The average molecular weight is 263 g/mol. The number of nitrogen functional groups attached to an aromatic ring is 1. The molecule has 0 spiro atoms. The molecule has 19 heavy (non-hydrogen) atoms. The van der Waals surface area contributed by atoms with Gasteiger partial charge in [-0.3, -0.25) is 10.3 Å². The van der Waals surface area contributed by atoms with Crippen LogP contribution in [0.4, 0.5) is 0 Å². The van der Waals surface area contributed by atoms with Gasteiger partial charge in [0.2, 0.25) is 0 Å². The minimum atomic E-state index is 0.0287. The summed E-state index contributed by atoms with van der Waals surface area (Å²) in [6, 6.07) is 6.27. The summed E-state index contributed by atoms with van der Waals surface area (Å²) in [5.74, 6) is 0.682. The van der Waals surface area contributed by atoms with Crippen molar-refractivity contribution in [3.63, 3.8) is 0 Å². The van der Waals surface area contributed by atoms with Crippen molar-refractivity contribution >= 4 is 5.84 Å². The van der Waals surface area contributed by atoms with Crippen LogP contribution in [0.5, 0.6) is 5.75 Å². The van der Waals surface area contributed by atoms with Gasteiger partial charge < -0.3 is 15.2 Å². The highest BCUT2D eigenvalue weighted by Gasteiger charge is 2.20. The van der Waals surface area contributed by atoms with Crippen molar-refractivity contribution in [2.75, 3.05) is 27.4 Å². The number of methoxy groups -OCH3 is 1. The zero-order valence-corrected chi connectivity index (χ0v) is 11.5. The molecule has 0 aromatic heterocycles. The Morgan fingerprint density at radius 1 is 1.58 bits per heavy atom. The second-order valence-corrected chi connectivity index (χ2v) is 4.88. The molecule has 0 radical (unpaired) electrons. The summed E-state index contributed by atoms with van der Waals surface area (Å²) >= 11 is 0. The second kappa shape index (κ2) is 6.04. The molecule has 2 rings (SSSR count). The van der Waals surface area contributed by atoms with Gasteiger partial charge in [0.05, 0.1) is 19.3 Å². The van der Waals surface area contributed by atoms with Crippen LogP contribution in [-0.4, -0.2) is 44.1 Å². The summed E-state index contributed by atoms with van der Waals surface area (Å²) in [5, 5.41) is 7.50. The van der Waals surface area contributed by atoms with Crippen LogP contribution in [0, 0.1) is 5.41 Å². The molecule has 0 amide bonds. The van der Waals surface area contributed by atoms with Gasteiger partial charge in [-0.2, -0.15) is 0 Å². The third-order valence-electron chi connectivity index (χ3n) is 3.52. The van der Waals surface area contributed by atoms with E-state index in [0.29, 0.717) is 17.4 Å². The van der Waals surface area contributed by atoms with Crippen molar-refractivity contribution in [2.45, 2.75) is 19.0 Å². The van der Waals surface area contributed by atoms with Gasteiger partial charge in [-0.15, -0.1) is 0 Å². The van der Waals surface area contributed by atoms with E-state index in [9.17, 15) is 0 Å². The highest BCUT2D eigenvalue weighted by atomic mass is 16.5. The lowest BCUT2D eigenvalue weighted by molar-refractivity contribution is 0.156. The number of hydrogen-bond acceptors (Lipinski definition) is 4. The normalized spacial score (nSPS) is 18.8. The summed E-state index contributed by atoms with van der Waals surface area (Å²) in [6.07, 6.45) is 1.08. The lowest BCUT2D eigenvalue weighted by Gasteiger charge is -2.23. The zero-order chi connectivity index (χ0) is 13.8. The fourth-order valence-electron chi connectivity index (χ4n) is 2.34. The van der Waals surface area contributed by atoms with Crippen molar-refractivity contribution < 1.29 is 9.47 Å². The molecule has 1 atom stereocenters. The fourth-order valence-corrected chi connectivity index (χ4v) is 2.34. The number of nitrogens with one attached hydrogen (secondary N) is 1. The minimum Gasteiger partial charge on any atom is -0.496 e. The number of likely N-dealkylation sites (N-methyl/N-ethyl adjacent to an activating group) is 1. The monoisotopic (exact) mass is 263 g/mol. The van der Waals surface area contributed by atoms with Gasteiger partial charge in [0.1, 0.15) is 11.6 Å². The van der Waals surface area contributed by atoms with Crippen LogP contribution in [0.15, 0.2) is 18.2 Å². The fraction of sp³-hybridized carbons (Fsp3) is 0.500. The first-order valence-electron chi connectivity index (χ1n) is 6.41. The Labute approximate surface area is 113 Å². The van der Waals surface area contributed by atoms with E-state index in [0.717, 1.165) is 31.7 Å². The van der Waals surface area contributed by atoms with Crippen LogP contribution in [0.3, 0.4) is 0 Å². The number of hydrogen-bond donors (Lipinski definition) is 2. The molecule has 1 heterocycles. The first kappa shape index (κ1) is 13.8. The predicted octanol–water partition coefficient (Wildman–Crippen LogP) is 1.20. The molecule has 1 aromatic rings. The molecule has 1 unspecified atom stereocenters. The standard InChI is InChI=1S/C14H21N3O2/c1-17(11-5-6-19-9-11)8-10-3-4-12(14(15)16)13(7-10)18-2/h3-4,7,11H,5-6,8-9H2,1-2H3,(H3,15,16). The largest absolute Gasteiger partial charge is 0.496 e. The van der Waals surface area contributed by atoms with Crippen LogP contribution >= 0.6 is 0 Å². The highest BCUT2D eigenvalue weighted by molar-refractivity contribution is 5.97. The molecule has 1 aliphatic rings. The summed E-state index contributed by atoms with van der Waals surface area (Å²) < 4.78 is 10.7. The molecule has 1 aromatic carbocycles. The smallest absolute Gasteiger partial charge is 0.130 e. The van der Waals surface area contributed by atoms with E-state index < -0.39 is 0 Å². The van der Waals surface area contributed by atoms with Crippen LogP contribution in [0.25, 0.3) is 0 Å². The molecule has 3 N–H and O–H groups in total. The Hall–Kier alpha value is -1.59. The van der Waals surface area contributed by atoms with Crippen LogP contribution in [0.2, 0.25) is 0 Å². The Balaban J connectivity index is 2.10. The Morgan fingerprint density at radius 3 is 2.95 bits per heavy atom. The molecular formula is C14H21N3O2. The summed E-state index contributed by atoms with van der Waals surface area (Å²) in [7, 11) is 3.70. The SMILES string of the molecule is COc1cc(CN(C)C2CCOC2)ccc1C(=N)N. The van der Waals surface area contributed by atoms with E-state index in [1.165, 1.54) is 0 Å². The predicted molar refractivity (Wildman–Crippen MR) is 74.7 cm³/mol. The molecule has 0 aliphatic carbocycles. The van der Waals surface area contributed by atoms with Crippen molar-refractivity contribution in [2.24, 2.45) is 5.73 Å². The van der Waals surface area contributed by atoms with Crippen LogP contribution in [-0.2, 0) is 11.3 Å². The average Bonchev–Trinajstić information content (AvgIpc) is 2.92. The summed E-state index contributed by atoms with van der Waals surface area (Å²) in [4.78, 5) is 2.29. The quantitative estimate of drug-likeness (QED) is 0.618. The summed E-state index contributed by atoms with van der Waals surface area (Å²) in [6.45, 7) is 2.49. The Morgan fingerprint density at radius 2 is 2.37 bits per heavy atom.